The van der Waals surface area contributed by atoms with Crippen molar-refractivity contribution in [2.24, 2.45) is 0 Å². The summed E-state index contributed by atoms with van der Waals surface area (Å²) in [6, 6.07) is 6.45. The van der Waals surface area contributed by atoms with Crippen LogP contribution in [0.5, 0.6) is 0 Å². The van der Waals surface area contributed by atoms with Crippen LogP contribution in [0.1, 0.15) is 56.4 Å². The first-order valence-corrected chi connectivity index (χ1v) is 19.4. The molecule has 0 aromatic carbocycles. The number of fused-ring (bicyclic) bond motifs is 2. The molecule has 3 N–H and O–H groups in total. The van der Waals surface area contributed by atoms with Crippen molar-refractivity contribution in [1.29, 1.82) is 0 Å². The minimum absolute atomic E-state index is 0.0316. The molecule has 6 heterocycles. The number of carboxylic acid groups (broad SMARTS) is 2. The summed E-state index contributed by atoms with van der Waals surface area (Å²) in [4.78, 5) is 80.6. The first-order valence-electron chi connectivity index (χ1n) is 16.1. The van der Waals surface area contributed by atoms with E-state index in [-0.39, 0.29) is 28.3 Å². The van der Waals surface area contributed by atoms with Gasteiger partial charge in [0.1, 0.15) is 16.7 Å². The number of allylic oxidation sites excluding steroid dienone is 2. The van der Waals surface area contributed by atoms with Crippen molar-refractivity contribution in [3.8, 4) is 0 Å². The van der Waals surface area contributed by atoms with Gasteiger partial charge in [0.25, 0.3) is 17.7 Å². The van der Waals surface area contributed by atoms with Crippen molar-refractivity contribution >= 4 is 67.8 Å². The Hall–Kier alpha value is -5.82. The van der Waals surface area contributed by atoms with E-state index < -0.39 is 82.0 Å². The zero-order valence-corrected chi connectivity index (χ0v) is 31.1. The summed E-state index contributed by atoms with van der Waals surface area (Å²) in [5.41, 5.74) is -0.127. The van der Waals surface area contributed by atoms with E-state index in [0.29, 0.717) is 17.5 Å². The van der Waals surface area contributed by atoms with Gasteiger partial charge in [-0.2, -0.15) is 0 Å². The maximum absolute atomic E-state index is 12.9. The first-order chi connectivity index (χ1) is 25.0. The van der Waals surface area contributed by atoms with Gasteiger partial charge in [-0.25, -0.2) is 26.4 Å². The Bertz CT molecular complexity index is 2340. The molecular weight excluding hydrogens is 747 g/mol. The highest BCUT2D eigenvalue weighted by atomic mass is 32.2. The number of aliphatic carboxylic acids is 2. The van der Waals surface area contributed by atoms with E-state index in [1.54, 1.807) is 18.2 Å². The second-order valence-corrected chi connectivity index (χ2v) is 18.7. The van der Waals surface area contributed by atoms with Crippen LogP contribution in [0.2, 0.25) is 0 Å². The molecule has 3 atom stereocenters. The fraction of sp³-hybridized carbons (Fsp3) is 0.314. The predicted octanol–water partition coefficient (Wildman–Crippen LogP) is 0.977. The SMILES string of the molecule is CC(C)(C)NC(=O)c1ccnc(/C=C2/C(=O)N3[C@@H](C(=O)O)C(C)(C)S(=O)(=O)[C@H]23)c1.O=C/C=C\C1=C(C(=O)O)N2C(=O)/C(=C/c3ccccn3)[C@H]2S(=O)(=O)C1. The molecule has 4 aliphatic rings. The van der Waals surface area contributed by atoms with E-state index in [9.17, 15) is 55.8 Å². The number of amides is 3. The highest BCUT2D eigenvalue weighted by Gasteiger charge is 2.70. The molecule has 0 saturated carbocycles. The molecule has 19 heteroatoms. The molecular formula is C35H35N5O12S2. The third-order valence-electron chi connectivity index (χ3n) is 8.81. The molecule has 3 saturated heterocycles. The lowest BCUT2D eigenvalue weighted by Crippen LogP contribution is -2.62. The number of aldehydes is 1. The second-order valence-electron chi connectivity index (χ2n) is 14.1. The summed E-state index contributed by atoms with van der Waals surface area (Å²) in [5.74, 6) is -5.09. The normalized spacial score (nSPS) is 24.9. The number of carbonyl (C=O) groups is 6. The van der Waals surface area contributed by atoms with Gasteiger partial charge in [0, 0.05) is 23.5 Å². The van der Waals surface area contributed by atoms with E-state index >= 15 is 0 Å². The third-order valence-corrected chi connectivity index (χ3v) is 13.4. The number of rotatable bonds is 7. The Morgan fingerprint density at radius 1 is 0.926 bits per heavy atom. The molecule has 4 aliphatic heterocycles. The number of sulfone groups is 2. The van der Waals surface area contributed by atoms with Crippen molar-refractivity contribution in [2.75, 3.05) is 5.75 Å². The summed E-state index contributed by atoms with van der Waals surface area (Å²) in [7, 11) is -7.81. The van der Waals surface area contributed by atoms with E-state index in [1.807, 2.05) is 20.8 Å². The van der Waals surface area contributed by atoms with Gasteiger partial charge in [-0.15, -0.1) is 0 Å². The number of aromatic nitrogens is 2. The number of β-lactam (4-membered cyclic amide) rings is 2. The molecule has 54 heavy (non-hydrogen) atoms. The summed E-state index contributed by atoms with van der Waals surface area (Å²) >= 11 is 0. The molecule has 2 aromatic rings. The first kappa shape index (κ1) is 39.4. The largest absolute Gasteiger partial charge is 0.480 e. The summed E-state index contributed by atoms with van der Waals surface area (Å²) in [6.07, 6.45) is 8.00. The summed E-state index contributed by atoms with van der Waals surface area (Å²) in [5, 5.41) is 19.0. The number of nitrogens with zero attached hydrogens (tertiary/aromatic N) is 4. The topological polar surface area (TPSA) is 255 Å². The molecule has 0 unspecified atom stereocenters. The number of carbonyl (C=O) groups excluding carboxylic acids is 4. The Morgan fingerprint density at radius 2 is 1.56 bits per heavy atom. The fourth-order valence-corrected chi connectivity index (χ4v) is 10.4. The van der Waals surface area contributed by atoms with E-state index in [4.69, 9.17) is 0 Å². The van der Waals surface area contributed by atoms with Crippen LogP contribution in [0.15, 0.2) is 77.3 Å². The summed E-state index contributed by atoms with van der Waals surface area (Å²) in [6.45, 7) is 8.12. The molecule has 2 aromatic heterocycles. The van der Waals surface area contributed by atoms with Gasteiger partial charge >= 0.3 is 11.9 Å². The van der Waals surface area contributed by atoms with E-state index in [1.165, 1.54) is 50.5 Å². The number of hydrogen-bond donors (Lipinski definition) is 3. The fourth-order valence-electron chi connectivity index (χ4n) is 6.37. The molecule has 0 radical (unpaired) electrons. The maximum Gasteiger partial charge on any atom is 0.352 e. The zero-order valence-electron chi connectivity index (χ0n) is 29.4. The molecule has 0 spiro atoms. The highest BCUT2D eigenvalue weighted by molar-refractivity contribution is 7.94. The smallest absolute Gasteiger partial charge is 0.352 e. The van der Waals surface area contributed by atoms with E-state index in [2.05, 4.69) is 15.3 Å². The van der Waals surface area contributed by atoms with Crippen LogP contribution in [0.25, 0.3) is 12.2 Å². The van der Waals surface area contributed by atoms with Gasteiger partial charge in [0.15, 0.2) is 36.5 Å². The van der Waals surface area contributed by atoms with Gasteiger partial charge in [0.05, 0.1) is 28.3 Å². The molecule has 17 nitrogen and oxygen atoms in total. The minimum Gasteiger partial charge on any atom is -0.480 e. The average molecular weight is 782 g/mol. The molecule has 284 valence electrons. The van der Waals surface area contributed by atoms with Crippen molar-refractivity contribution in [3.05, 3.63) is 94.2 Å². The second kappa shape index (κ2) is 13.9. The molecule has 0 bridgehead atoms. The molecule has 3 fully saturated rings. The lowest BCUT2D eigenvalue weighted by Gasteiger charge is -2.45. The zero-order chi connectivity index (χ0) is 40.1. The predicted molar refractivity (Wildman–Crippen MR) is 191 cm³/mol. The lowest BCUT2D eigenvalue weighted by atomic mass is 9.95. The van der Waals surface area contributed by atoms with Gasteiger partial charge in [0.2, 0.25) is 0 Å². The lowest BCUT2D eigenvalue weighted by molar-refractivity contribution is -0.152. The monoisotopic (exact) mass is 781 g/mol. The van der Waals surface area contributed by atoms with Crippen molar-refractivity contribution in [2.45, 2.75) is 61.7 Å². The Morgan fingerprint density at radius 3 is 2.13 bits per heavy atom. The third kappa shape index (κ3) is 6.86. The average Bonchev–Trinajstić information content (AvgIpc) is 3.22. The molecule has 3 amide bonds. The van der Waals surface area contributed by atoms with Gasteiger partial charge in [-0.3, -0.25) is 34.0 Å². The minimum atomic E-state index is -3.96. The van der Waals surface area contributed by atoms with Crippen LogP contribution in [0.4, 0.5) is 0 Å². The quantitative estimate of drug-likeness (QED) is 0.201. The van der Waals surface area contributed by atoms with Crippen LogP contribution in [-0.2, 0) is 43.6 Å². The molecule has 6 rings (SSSR count). The van der Waals surface area contributed by atoms with Gasteiger partial charge in [-0.1, -0.05) is 12.1 Å². The van der Waals surface area contributed by atoms with Crippen molar-refractivity contribution in [1.82, 2.24) is 25.1 Å². The van der Waals surface area contributed by atoms with Crippen LogP contribution in [0, 0.1) is 0 Å². The van der Waals surface area contributed by atoms with Crippen LogP contribution in [-0.4, -0.2) is 116 Å². The van der Waals surface area contributed by atoms with Crippen LogP contribution in [0.3, 0.4) is 0 Å². The van der Waals surface area contributed by atoms with E-state index in [0.717, 1.165) is 22.0 Å². The Labute approximate surface area is 309 Å². The maximum atomic E-state index is 12.9. The summed E-state index contributed by atoms with van der Waals surface area (Å²) < 4.78 is 49.2. The highest BCUT2D eigenvalue weighted by Crippen LogP contribution is 2.49. The standard InChI is InChI=1S/C19H23N3O6S.C16H12N2O6S/c1-18(2,3)21-14(23)10-6-7-20-11(8-10)9-12-15(24)22-13(17(25)26)19(4,5)29(27,28)16(12)22;19-7-3-4-10-9-25(23,24)15-12(8-11-5-1-2-6-17-11)14(20)18(15)13(10)16(21)22/h6-9,13,16H,1-5H3,(H,21,23)(H,25,26);1-8,15H,9H2,(H,21,22)/b12-9-;4-3-,12-8-/t13-,16+;15-/m01/s1. The van der Waals surface area contributed by atoms with Crippen molar-refractivity contribution in [3.63, 3.8) is 0 Å². The number of nitrogens with one attached hydrogen (secondary N) is 1. The van der Waals surface area contributed by atoms with Gasteiger partial charge in [-0.05, 0) is 82.7 Å². The van der Waals surface area contributed by atoms with Crippen LogP contribution < -0.4 is 5.32 Å². The Kier molecular flexibility index (Phi) is 10.1. The van der Waals surface area contributed by atoms with Gasteiger partial charge < -0.3 is 20.4 Å². The van der Waals surface area contributed by atoms with Crippen LogP contribution >= 0.6 is 0 Å². The van der Waals surface area contributed by atoms with Crippen molar-refractivity contribution < 1.29 is 55.8 Å². The number of pyridine rings is 2. The number of carboxylic acids is 2. The number of hydrogen-bond acceptors (Lipinski definition) is 12. The molecule has 0 aliphatic carbocycles. The Balaban J connectivity index is 0.000000210.